The van der Waals surface area contributed by atoms with Crippen molar-refractivity contribution < 1.29 is 0 Å². The van der Waals surface area contributed by atoms with Crippen LogP contribution in [0.1, 0.15) is 52.9 Å². The molecule has 17 heavy (non-hydrogen) atoms. The molecule has 1 heterocycles. The molecule has 1 N–H and O–H groups in total. The van der Waals surface area contributed by atoms with Crippen molar-refractivity contribution in [2.45, 2.75) is 65.0 Å². The van der Waals surface area contributed by atoms with Crippen molar-refractivity contribution >= 4 is 0 Å². The third kappa shape index (κ3) is 3.23. The van der Waals surface area contributed by atoms with E-state index < -0.39 is 0 Å². The smallest absolute Gasteiger partial charge is 0.0121 e. The van der Waals surface area contributed by atoms with Gasteiger partial charge in [0, 0.05) is 12.1 Å². The molecule has 1 aliphatic carbocycles. The molecule has 2 atom stereocenters. The Morgan fingerprint density at radius 1 is 1.18 bits per heavy atom. The Labute approximate surface area is 107 Å². The maximum absolute atomic E-state index is 3.94. The molecule has 1 saturated carbocycles. The van der Waals surface area contributed by atoms with Crippen LogP contribution in [0.25, 0.3) is 0 Å². The first-order valence-electron chi connectivity index (χ1n) is 7.43. The quantitative estimate of drug-likeness (QED) is 0.813. The first kappa shape index (κ1) is 13.4. The third-order valence-electron chi connectivity index (χ3n) is 5.19. The van der Waals surface area contributed by atoms with Crippen LogP contribution in [0.15, 0.2) is 0 Å². The van der Waals surface area contributed by atoms with E-state index in [4.69, 9.17) is 0 Å². The second-order valence-corrected chi connectivity index (χ2v) is 7.03. The molecule has 0 spiro atoms. The maximum Gasteiger partial charge on any atom is 0.0121 e. The summed E-state index contributed by atoms with van der Waals surface area (Å²) < 4.78 is 0. The van der Waals surface area contributed by atoms with E-state index in [0.29, 0.717) is 11.5 Å². The Kier molecular flexibility index (Phi) is 4.14. The first-order valence-corrected chi connectivity index (χ1v) is 7.43. The number of nitrogens with zero attached hydrogens (tertiary/aromatic N) is 1. The lowest BCUT2D eigenvalue weighted by atomic mass is 9.84. The minimum atomic E-state index is 0.514. The highest BCUT2D eigenvalue weighted by atomic mass is 15.1. The van der Waals surface area contributed by atoms with Crippen molar-refractivity contribution in [3.05, 3.63) is 0 Å². The predicted molar refractivity (Wildman–Crippen MR) is 74.2 cm³/mol. The van der Waals surface area contributed by atoms with Crippen molar-refractivity contribution in [2.24, 2.45) is 11.3 Å². The molecule has 100 valence electrons. The van der Waals surface area contributed by atoms with Crippen molar-refractivity contribution in [3.63, 3.8) is 0 Å². The number of piperidine rings is 1. The van der Waals surface area contributed by atoms with Gasteiger partial charge in [0.1, 0.15) is 0 Å². The van der Waals surface area contributed by atoms with E-state index in [1.165, 1.54) is 45.2 Å². The number of hydrogen-bond acceptors (Lipinski definition) is 2. The minimum Gasteiger partial charge on any atom is -0.311 e. The van der Waals surface area contributed by atoms with Gasteiger partial charge in [-0.2, -0.15) is 0 Å². The fourth-order valence-electron chi connectivity index (χ4n) is 3.62. The normalized spacial score (nSPS) is 32.8. The van der Waals surface area contributed by atoms with Gasteiger partial charge in [-0.25, -0.2) is 0 Å². The second kappa shape index (κ2) is 5.27. The van der Waals surface area contributed by atoms with Gasteiger partial charge in [-0.15, -0.1) is 0 Å². The summed E-state index contributed by atoms with van der Waals surface area (Å²) in [4.78, 5) is 2.46. The summed E-state index contributed by atoms with van der Waals surface area (Å²) in [7, 11) is 2.24. The largest absolute Gasteiger partial charge is 0.311 e. The molecule has 2 heteroatoms. The molecular formula is C15H30N2. The van der Waals surface area contributed by atoms with E-state index in [1.807, 2.05) is 0 Å². The van der Waals surface area contributed by atoms with Crippen LogP contribution >= 0.6 is 0 Å². The zero-order valence-corrected chi connectivity index (χ0v) is 12.1. The fraction of sp³-hybridized carbons (Fsp3) is 1.00. The van der Waals surface area contributed by atoms with Gasteiger partial charge in [-0.05, 0) is 64.1 Å². The highest BCUT2D eigenvalue weighted by molar-refractivity contribution is 4.92. The lowest BCUT2D eigenvalue weighted by Crippen LogP contribution is -2.48. The van der Waals surface area contributed by atoms with Crippen LogP contribution in [0.4, 0.5) is 0 Å². The molecule has 2 aliphatic rings. The molecule has 2 unspecified atom stereocenters. The highest BCUT2D eigenvalue weighted by Crippen LogP contribution is 2.38. The lowest BCUT2D eigenvalue weighted by molar-refractivity contribution is 0.167. The van der Waals surface area contributed by atoms with Gasteiger partial charge in [0.2, 0.25) is 0 Å². The summed E-state index contributed by atoms with van der Waals surface area (Å²) in [6.45, 7) is 9.83. The van der Waals surface area contributed by atoms with Gasteiger partial charge in [0.15, 0.2) is 0 Å². The van der Waals surface area contributed by atoms with E-state index in [9.17, 15) is 0 Å². The molecule has 0 bridgehead atoms. The van der Waals surface area contributed by atoms with Crippen LogP contribution in [0.3, 0.4) is 0 Å². The number of nitrogens with one attached hydrogen (secondary N) is 1. The Morgan fingerprint density at radius 3 is 2.35 bits per heavy atom. The van der Waals surface area contributed by atoms with Crippen LogP contribution in [-0.2, 0) is 0 Å². The van der Waals surface area contributed by atoms with Crippen LogP contribution in [0.5, 0.6) is 0 Å². The van der Waals surface area contributed by atoms with Gasteiger partial charge < -0.3 is 10.2 Å². The molecule has 2 rings (SSSR count). The van der Waals surface area contributed by atoms with E-state index in [1.54, 1.807) is 0 Å². The van der Waals surface area contributed by atoms with Crippen LogP contribution in [0.2, 0.25) is 0 Å². The minimum absolute atomic E-state index is 0.514. The monoisotopic (exact) mass is 238 g/mol. The summed E-state index contributed by atoms with van der Waals surface area (Å²) in [6, 6.07) is 1.45. The summed E-state index contributed by atoms with van der Waals surface area (Å²) in [5.74, 6) is 0.891. The standard InChI is InChI=1S/C15H30N2/c1-12(13-7-10-17(4)11-8-13)16-14-6-5-9-15(14,2)3/h12-14,16H,5-11H2,1-4H3. The molecule has 1 saturated heterocycles. The third-order valence-corrected chi connectivity index (χ3v) is 5.19. The average molecular weight is 238 g/mol. The van der Waals surface area contributed by atoms with Crippen LogP contribution < -0.4 is 5.32 Å². The Hall–Kier alpha value is -0.0800. The van der Waals surface area contributed by atoms with Crippen LogP contribution in [-0.4, -0.2) is 37.1 Å². The van der Waals surface area contributed by atoms with Crippen molar-refractivity contribution in [2.75, 3.05) is 20.1 Å². The molecule has 0 radical (unpaired) electrons. The first-order chi connectivity index (χ1) is 7.99. The zero-order chi connectivity index (χ0) is 12.5. The van der Waals surface area contributed by atoms with Crippen molar-refractivity contribution in [1.82, 2.24) is 10.2 Å². The topological polar surface area (TPSA) is 15.3 Å². The van der Waals surface area contributed by atoms with Crippen molar-refractivity contribution in [3.8, 4) is 0 Å². The van der Waals surface area contributed by atoms with E-state index in [-0.39, 0.29) is 0 Å². The van der Waals surface area contributed by atoms with Gasteiger partial charge in [-0.3, -0.25) is 0 Å². The summed E-state index contributed by atoms with van der Waals surface area (Å²) in [6.07, 6.45) is 6.93. The molecule has 2 fully saturated rings. The van der Waals surface area contributed by atoms with Crippen molar-refractivity contribution in [1.29, 1.82) is 0 Å². The van der Waals surface area contributed by atoms with Gasteiger partial charge in [0.25, 0.3) is 0 Å². The number of likely N-dealkylation sites (tertiary alicyclic amines) is 1. The Morgan fingerprint density at radius 2 is 1.82 bits per heavy atom. The molecule has 0 amide bonds. The maximum atomic E-state index is 3.94. The van der Waals surface area contributed by atoms with E-state index in [0.717, 1.165) is 12.0 Å². The fourth-order valence-corrected chi connectivity index (χ4v) is 3.62. The molecule has 2 nitrogen and oxygen atoms in total. The molecule has 0 aromatic rings. The zero-order valence-electron chi connectivity index (χ0n) is 12.1. The molecule has 0 aromatic carbocycles. The predicted octanol–water partition coefficient (Wildman–Crippen LogP) is 2.89. The van der Waals surface area contributed by atoms with Crippen LogP contribution in [0, 0.1) is 11.3 Å². The molecular weight excluding hydrogens is 208 g/mol. The SMILES string of the molecule is CC(NC1CCCC1(C)C)C1CCN(C)CC1. The van der Waals surface area contributed by atoms with Gasteiger partial charge in [0.05, 0.1) is 0 Å². The molecule has 0 aromatic heterocycles. The summed E-state index contributed by atoms with van der Waals surface area (Å²) >= 11 is 0. The second-order valence-electron chi connectivity index (χ2n) is 7.03. The number of hydrogen-bond donors (Lipinski definition) is 1. The highest BCUT2D eigenvalue weighted by Gasteiger charge is 2.36. The number of rotatable bonds is 3. The van der Waals surface area contributed by atoms with Gasteiger partial charge >= 0.3 is 0 Å². The Balaban J connectivity index is 1.82. The lowest BCUT2D eigenvalue weighted by Gasteiger charge is -2.37. The van der Waals surface area contributed by atoms with E-state index in [2.05, 4.69) is 38.0 Å². The molecule has 1 aliphatic heterocycles. The van der Waals surface area contributed by atoms with Gasteiger partial charge in [-0.1, -0.05) is 20.3 Å². The Bertz CT molecular complexity index is 241. The average Bonchev–Trinajstić information content (AvgIpc) is 2.59. The summed E-state index contributed by atoms with van der Waals surface area (Å²) in [5.41, 5.74) is 0.514. The summed E-state index contributed by atoms with van der Waals surface area (Å²) in [5, 5.41) is 3.94. The van der Waals surface area contributed by atoms with E-state index >= 15 is 0 Å².